The highest BCUT2D eigenvalue weighted by atomic mass is 32.2. The summed E-state index contributed by atoms with van der Waals surface area (Å²) in [6, 6.07) is 4.88. The van der Waals surface area contributed by atoms with Gasteiger partial charge in [-0.1, -0.05) is 29.2 Å². The van der Waals surface area contributed by atoms with Gasteiger partial charge in [0.2, 0.25) is 11.0 Å². The zero-order valence-electron chi connectivity index (χ0n) is 15.9. The summed E-state index contributed by atoms with van der Waals surface area (Å²) in [6.07, 6.45) is 2.39. The first-order chi connectivity index (χ1) is 13.5. The first-order valence-electron chi connectivity index (χ1n) is 9.04. The molecule has 1 fully saturated rings. The second-order valence-corrected chi connectivity index (χ2v) is 9.98. The highest BCUT2D eigenvalue weighted by molar-refractivity contribution is 8.01. The lowest BCUT2D eigenvalue weighted by Crippen LogP contribution is -2.13. The molecule has 2 N–H and O–H groups in total. The normalized spacial score (nSPS) is 13.5. The lowest BCUT2D eigenvalue weighted by Gasteiger charge is -2.07. The maximum atomic E-state index is 12.3. The van der Waals surface area contributed by atoms with Crippen LogP contribution in [0.5, 0.6) is 0 Å². The SMILES string of the molecule is Cc1cc(C)c(-c2csc(NC(=O)CSc3nnc(NC4CC4)s3)n2)cc1C. The fraction of sp³-hybridized carbons (Fsp3) is 0.368. The Kier molecular flexibility index (Phi) is 5.65. The van der Waals surface area contributed by atoms with E-state index < -0.39 is 0 Å². The van der Waals surface area contributed by atoms with Gasteiger partial charge in [-0.3, -0.25) is 4.79 Å². The van der Waals surface area contributed by atoms with Crippen molar-refractivity contribution in [2.45, 2.75) is 44.0 Å². The minimum Gasteiger partial charge on any atom is -0.357 e. The number of carbonyl (C=O) groups excluding carboxylic acids is 1. The standard InChI is InChI=1S/C19H21N5OS3/c1-10-6-12(3)14(7-11(10)2)15-8-26-17(21-15)22-16(25)9-27-19-24-23-18(28-19)20-13-4-5-13/h6-8,13H,4-5,9H2,1-3H3,(H,20,23)(H,21,22,25). The number of nitrogens with one attached hydrogen (secondary N) is 2. The third-order valence-corrected chi connectivity index (χ3v) is 7.25. The second kappa shape index (κ2) is 8.18. The fourth-order valence-electron chi connectivity index (χ4n) is 2.70. The van der Waals surface area contributed by atoms with Gasteiger partial charge >= 0.3 is 0 Å². The van der Waals surface area contributed by atoms with Gasteiger partial charge in [-0.2, -0.15) is 0 Å². The molecule has 0 aliphatic heterocycles. The predicted molar refractivity (Wildman–Crippen MR) is 118 cm³/mol. The van der Waals surface area contributed by atoms with Crippen LogP contribution in [-0.2, 0) is 4.79 Å². The van der Waals surface area contributed by atoms with Crippen molar-refractivity contribution < 1.29 is 4.79 Å². The van der Waals surface area contributed by atoms with E-state index in [1.54, 1.807) is 0 Å². The molecule has 1 aliphatic carbocycles. The fourth-order valence-corrected chi connectivity index (χ4v) is 5.06. The molecule has 4 rings (SSSR count). The smallest absolute Gasteiger partial charge is 0.236 e. The minimum absolute atomic E-state index is 0.0883. The molecule has 0 unspecified atom stereocenters. The van der Waals surface area contributed by atoms with E-state index in [1.807, 2.05) is 5.38 Å². The third-order valence-electron chi connectivity index (χ3n) is 4.51. The number of aromatic nitrogens is 3. The molecule has 1 aromatic carbocycles. The van der Waals surface area contributed by atoms with Crippen LogP contribution < -0.4 is 10.6 Å². The van der Waals surface area contributed by atoms with Gasteiger partial charge in [-0.25, -0.2) is 4.98 Å². The molecular formula is C19H21N5OS3. The van der Waals surface area contributed by atoms with Crippen LogP contribution in [0, 0.1) is 20.8 Å². The first kappa shape index (κ1) is 19.4. The van der Waals surface area contributed by atoms with Crippen LogP contribution in [0.3, 0.4) is 0 Å². The summed E-state index contributed by atoms with van der Waals surface area (Å²) in [5.41, 5.74) is 5.71. The Morgan fingerprint density at radius 1 is 1.14 bits per heavy atom. The van der Waals surface area contributed by atoms with Crippen molar-refractivity contribution in [2.75, 3.05) is 16.4 Å². The van der Waals surface area contributed by atoms with Crippen molar-refractivity contribution in [3.8, 4) is 11.3 Å². The Hall–Kier alpha value is -1.97. The molecular weight excluding hydrogens is 410 g/mol. The van der Waals surface area contributed by atoms with E-state index in [4.69, 9.17) is 0 Å². The Morgan fingerprint density at radius 2 is 1.93 bits per heavy atom. The van der Waals surface area contributed by atoms with Crippen LogP contribution in [0.1, 0.15) is 29.5 Å². The number of rotatable bonds is 7. The molecule has 6 nitrogen and oxygen atoms in total. The summed E-state index contributed by atoms with van der Waals surface area (Å²) >= 11 is 4.33. The molecule has 3 aromatic rings. The number of hydrogen-bond acceptors (Lipinski definition) is 8. The Morgan fingerprint density at radius 3 is 2.71 bits per heavy atom. The Labute approximate surface area is 176 Å². The highest BCUT2D eigenvalue weighted by Gasteiger charge is 2.22. The van der Waals surface area contributed by atoms with Crippen molar-refractivity contribution in [1.29, 1.82) is 0 Å². The van der Waals surface area contributed by atoms with E-state index in [0.29, 0.717) is 11.2 Å². The number of aryl methyl sites for hydroxylation is 3. The maximum absolute atomic E-state index is 12.3. The van der Waals surface area contributed by atoms with E-state index in [1.165, 1.54) is 64.0 Å². The molecule has 0 bridgehead atoms. The molecule has 2 heterocycles. The number of anilines is 2. The predicted octanol–water partition coefficient (Wildman–Crippen LogP) is 4.89. The summed E-state index contributed by atoms with van der Waals surface area (Å²) in [6.45, 7) is 6.30. The summed E-state index contributed by atoms with van der Waals surface area (Å²) in [4.78, 5) is 16.9. The third kappa shape index (κ3) is 4.71. The van der Waals surface area contributed by atoms with Gasteiger partial charge in [-0.05, 0) is 56.4 Å². The van der Waals surface area contributed by atoms with E-state index in [0.717, 1.165) is 20.7 Å². The largest absolute Gasteiger partial charge is 0.357 e. The minimum atomic E-state index is -0.0883. The molecule has 28 heavy (non-hydrogen) atoms. The molecule has 146 valence electrons. The number of thioether (sulfide) groups is 1. The molecule has 1 saturated carbocycles. The zero-order valence-corrected chi connectivity index (χ0v) is 18.4. The van der Waals surface area contributed by atoms with E-state index in [2.05, 4.69) is 58.7 Å². The van der Waals surface area contributed by atoms with Gasteiger partial charge in [0.25, 0.3) is 0 Å². The van der Waals surface area contributed by atoms with Crippen molar-refractivity contribution in [3.05, 3.63) is 34.2 Å². The van der Waals surface area contributed by atoms with Crippen LogP contribution in [0.4, 0.5) is 10.3 Å². The summed E-state index contributed by atoms with van der Waals surface area (Å²) in [5.74, 6) is 0.199. The number of carbonyl (C=O) groups is 1. The number of benzene rings is 1. The van der Waals surface area contributed by atoms with E-state index in [-0.39, 0.29) is 11.7 Å². The van der Waals surface area contributed by atoms with Crippen LogP contribution in [0.15, 0.2) is 21.9 Å². The molecule has 2 aromatic heterocycles. The van der Waals surface area contributed by atoms with Gasteiger partial charge in [-0.15, -0.1) is 21.5 Å². The number of amides is 1. The average molecular weight is 432 g/mol. The lowest BCUT2D eigenvalue weighted by molar-refractivity contribution is -0.113. The summed E-state index contributed by atoms with van der Waals surface area (Å²) in [7, 11) is 0. The monoisotopic (exact) mass is 431 g/mol. The molecule has 0 radical (unpaired) electrons. The van der Waals surface area contributed by atoms with Crippen molar-refractivity contribution >= 4 is 50.6 Å². The van der Waals surface area contributed by atoms with Crippen LogP contribution in [0.25, 0.3) is 11.3 Å². The molecule has 1 amide bonds. The second-order valence-electron chi connectivity index (χ2n) is 6.92. The lowest BCUT2D eigenvalue weighted by atomic mass is 9.99. The van der Waals surface area contributed by atoms with Crippen LogP contribution in [0.2, 0.25) is 0 Å². The maximum Gasteiger partial charge on any atom is 0.236 e. The number of thiazole rings is 1. The van der Waals surface area contributed by atoms with Gasteiger partial charge < -0.3 is 10.6 Å². The van der Waals surface area contributed by atoms with Crippen molar-refractivity contribution in [3.63, 3.8) is 0 Å². The first-order valence-corrected chi connectivity index (χ1v) is 11.7. The summed E-state index contributed by atoms with van der Waals surface area (Å²) < 4.78 is 0.795. The van der Waals surface area contributed by atoms with Crippen molar-refractivity contribution in [1.82, 2.24) is 15.2 Å². The van der Waals surface area contributed by atoms with Crippen molar-refractivity contribution in [2.24, 2.45) is 0 Å². The Balaban J connectivity index is 1.34. The average Bonchev–Trinajstić information content (AvgIpc) is 3.15. The van der Waals surface area contributed by atoms with Gasteiger partial charge in [0.1, 0.15) is 0 Å². The molecule has 1 aliphatic rings. The highest BCUT2D eigenvalue weighted by Crippen LogP contribution is 2.31. The van der Waals surface area contributed by atoms with E-state index >= 15 is 0 Å². The van der Waals surface area contributed by atoms with Gasteiger partial charge in [0.05, 0.1) is 11.4 Å². The van der Waals surface area contributed by atoms with Gasteiger partial charge in [0.15, 0.2) is 9.47 Å². The van der Waals surface area contributed by atoms with Crippen LogP contribution >= 0.6 is 34.4 Å². The van der Waals surface area contributed by atoms with Gasteiger partial charge in [0, 0.05) is 17.0 Å². The molecule has 0 spiro atoms. The molecule has 0 saturated heterocycles. The topological polar surface area (TPSA) is 79.8 Å². The quantitative estimate of drug-likeness (QED) is 0.518. The number of nitrogens with zero attached hydrogens (tertiary/aromatic N) is 3. The Bertz CT molecular complexity index is 1010. The molecule has 9 heteroatoms. The molecule has 0 atom stereocenters. The zero-order chi connectivity index (χ0) is 19.7. The number of hydrogen-bond donors (Lipinski definition) is 2. The van der Waals surface area contributed by atoms with E-state index in [9.17, 15) is 4.79 Å². The summed E-state index contributed by atoms with van der Waals surface area (Å²) in [5, 5.41) is 17.9. The van der Waals surface area contributed by atoms with Crippen LogP contribution in [-0.4, -0.2) is 32.9 Å².